The van der Waals surface area contributed by atoms with E-state index >= 15 is 0 Å². The van der Waals surface area contributed by atoms with Crippen LogP contribution < -0.4 is 10.9 Å². The van der Waals surface area contributed by atoms with Gasteiger partial charge in [0.1, 0.15) is 6.54 Å². The van der Waals surface area contributed by atoms with Crippen LogP contribution in [0.1, 0.15) is 19.8 Å². The van der Waals surface area contributed by atoms with Crippen molar-refractivity contribution in [1.29, 1.82) is 0 Å². The second-order valence-electron chi connectivity index (χ2n) is 5.75. The van der Waals surface area contributed by atoms with Gasteiger partial charge in [-0.25, -0.2) is 4.98 Å². The van der Waals surface area contributed by atoms with Gasteiger partial charge in [-0.3, -0.25) is 14.2 Å². The summed E-state index contributed by atoms with van der Waals surface area (Å²) in [5, 5.41) is 3.38. The highest BCUT2D eigenvalue weighted by Crippen LogP contribution is 2.16. The summed E-state index contributed by atoms with van der Waals surface area (Å²) in [5.41, 5.74) is 0.388. The molecule has 1 aliphatic heterocycles. The summed E-state index contributed by atoms with van der Waals surface area (Å²) >= 11 is 3.34. The second-order valence-corrected chi connectivity index (χ2v) is 6.66. The van der Waals surface area contributed by atoms with Gasteiger partial charge in [0.2, 0.25) is 5.91 Å². The van der Waals surface area contributed by atoms with E-state index in [1.54, 1.807) is 12.1 Å². The van der Waals surface area contributed by atoms with Crippen molar-refractivity contribution in [3.05, 3.63) is 39.4 Å². The summed E-state index contributed by atoms with van der Waals surface area (Å²) in [6.07, 6.45) is 3.44. The first-order valence-electron chi connectivity index (χ1n) is 7.60. The quantitative estimate of drug-likeness (QED) is 0.879. The highest BCUT2D eigenvalue weighted by molar-refractivity contribution is 9.10. The number of carbonyl (C=O) groups excluding carboxylic acids is 1. The molecule has 1 fully saturated rings. The van der Waals surface area contributed by atoms with Gasteiger partial charge in [0.25, 0.3) is 5.56 Å². The van der Waals surface area contributed by atoms with Crippen LogP contribution in [0, 0.1) is 0 Å². The van der Waals surface area contributed by atoms with E-state index < -0.39 is 0 Å². The zero-order valence-electron chi connectivity index (χ0n) is 12.8. The Balaban J connectivity index is 1.74. The molecular weight excluding hydrogens is 362 g/mol. The number of halogens is 1. The molecule has 1 aromatic heterocycles. The van der Waals surface area contributed by atoms with E-state index in [2.05, 4.69) is 26.2 Å². The van der Waals surface area contributed by atoms with Crippen molar-refractivity contribution in [2.75, 3.05) is 6.61 Å². The lowest BCUT2D eigenvalue weighted by atomic mass is 10.1. The van der Waals surface area contributed by atoms with Crippen molar-refractivity contribution in [1.82, 2.24) is 14.9 Å². The molecular formula is C16H18BrN3O3. The normalized spacial score (nSPS) is 19.0. The fourth-order valence-corrected chi connectivity index (χ4v) is 3.15. The van der Waals surface area contributed by atoms with Gasteiger partial charge in [-0.2, -0.15) is 0 Å². The molecule has 1 aromatic carbocycles. The van der Waals surface area contributed by atoms with Crippen LogP contribution in [0.3, 0.4) is 0 Å². The average molecular weight is 380 g/mol. The summed E-state index contributed by atoms with van der Waals surface area (Å²) in [6, 6.07) is 5.25. The summed E-state index contributed by atoms with van der Waals surface area (Å²) < 4.78 is 7.69. The Morgan fingerprint density at radius 1 is 1.57 bits per heavy atom. The topological polar surface area (TPSA) is 73.2 Å². The largest absolute Gasteiger partial charge is 0.376 e. The first-order chi connectivity index (χ1) is 11.0. The number of hydrogen-bond acceptors (Lipinski definition) is 4. The van der Waals surface area contributed by atoms with Crippen LogP contribution in [0.5, 0.6) is 0 Å². The van der Waals surface area contributed by atoms with E-state index in [4.69, 9.17) is 4.74 Å². The lowest BCUT2D eigenvalue weighted by molar-refractivity contribution is -0.123. The fraction of sp³-hybridized carbons (Fsp3) is 0.438. The van der Waals surface area contributed by atoms with E-state index in [1.165, 1.54) is 10.9 Å². The molecule has 3 rings (SSSR count). The maximum atomic E-state index is 12.5. The van der Waals surface area contributed by atoms with Crippen molar-refractivity contribution in [2.45, 2.75) is 38.5 Å². The van der Waals surface area contributed by atoms with Crippen LogP contribution in [0.4, 0.5) is 0 Å². The van der Waals surface area contributed by atoms with Gasteiger partial charge in [-0.15, -0.1) is 0 Å². The Morgan fingerprint density at radius 3 is 3.13 bits per heavy atom. The number of aromatic nitrogens is 2. The monoisotopic (exact) mass is 379 g/mol. The first kappa shape index (κ1) is 16.1. The third-order valence-electron chi connectivity index (χ3n) is 4.01. The number of carbonyl (C=O) groups is 1. The molecule has 0 bridgehead atoms. The standard InChI is InChI=1S/C16H18BrN3O3/c1-10(14-3-2-6-23-14)19-15(21)8-20-9-18-13-5-4-11(17)7-12(13)16(20)22/h4-5,7,9-10,14H,2-3,6,8H2,1H3,(H,19,21). The van der Waals surface area contributed by atoms with Gasteiger partial charge in [0.05, 0.1) is 29.4 Å². The number of nitrogens with zero attached hydrogens (tertiary/aromatic N) is 2. The van der Waals surface area contributed by atoms with Gasteiger partial charge in [-0.1, -0.05) is 15.9 Å². The highest BCUT2D eigenvalue weighted by atomic mass is 79.9. The third-order valence-corrected chi connectivity index (χ3v) is 4.50. The lowest BCUT2D eigenvalue weighted by Gasteiger charge is -2.20. The van der Waals surface area contributed by atoms with Crippen molar-refractivity contribution in [3.8, 4) is 0 Å². The Bertz CT molecular complexity index is 784. The summed E-state index contributed by atoms with van der Waals surface area (Å²) in [5.74, 6) is -0.216. The van der Waals surface area contributed by atoms with Gasteiger partial charge in [0.15, 0.2) is 0 Å². The smallest absolute Gasteiger partial charge is 0.261 e. The Hall–Kier alpha value is -1.73. The maximum Gasteiger partial charge on any atom is 0.261 e. The number of benzene rings is 1. The van der Waals surface area contributed by atoms with Crippen molar-refractivity contribution in [3.63, 3.8) is 0 Å². The Labute approximate surface area is 142 Å². The summed E-state index contributed by atoms with van der Waals surface area (Å²) in [4.78, 5) is 28.9. The van der Waals surface area contributed by atoms with E-state index in [1.807, 2.05) is 13.0 Å². The molecule has 2 unspecified atom stereocenters. The fourth-order valence-electron chi connectivity index (χ4n) is 2.79. The lowest BCUT2D eigenvalue weighted by Crippen LogP contribution is -2.43. The van der Waals surface area contributed by atoms with E-state index in [0.717, 1.165) is 23.9 Å². The molecule has 6 nitrogen and oxygen atoms in total. The van der Waals surface area contributed by atoms with Gasteiger partial charge in [0, 0.05) is 11.1 Å². The van der Waals surface area contributed by atoms with Crippen molar-refractivity contribution >= 4 is 32.7 Å². The molecule has 2 aromatic rings. The van der Waals surface area contributed by atoms with Gasteiger partial charge >= 0.3 is 0 Å². The zero-order chi connectivity index (χ0) is 16.4. The second kappa shape index (κ2) is 6.80. The molecule has 0 saturated carbocycles. The van der Waals surface area contributed by atoms with E-state index in [-0.39, 0.29) is 30.2 Å². The average Bonchev–Trinajstić information content (AvgIpc) is 3.05. The molecule has 1 aliphatic rings. The molecule has 7 heteroatoms. The predicted octanol–water partition coefficient (Wildman–Crippen LogP) is 1.84. The molecule has 122 valence electrons. The van der Waals surface area contributed by atoms with E-state index in [9.17, 15) is 9.59 Å². The number of nitrogens with one attached hydrogen (secondary N) is 1. The summed E-state index contributed by atoms with van der Waals surface area (Å²) in [6.45, 7) is 2.62. The number of ether oxygens (including phenoxy) is 1. The van der Waals surface area contributed by atoms with E-state index in [0.29, 0.717) is 10.9 Å². The van der Waals surface area contributed by atoms with Crippen LogP contribution in [0.25, 0.3) is 10.9 Å². The molecule has 23 heavy (non-hydrogen) atoms. The van der Waals surface area contributed by atoms with Crippen LogP contribution in [0.15, 0.2) is 33.8 Å². The predicted molar refractivity (Wildman–Crippen MR) is 90.3 cm³/mol. The minimum absolute atomic E-state index is 0.0503. The Morgan fingerprint density at radius 2 is 2.39 bits per heavy atom. The Kier molecular flexibility index (Phi) is 4.77. The van der Waals surface area contributed by atoms with Crippen molar-refractivity contribution in [2.24, 2.45) is 0 Å². The molecule has 1 saturated heterocycles. The molecule has 0 spiro atoms. The molecule has 1 N–H and O–H groups in total. The first-order valence-corrected chi connectivity index (χ1v) is 8.39. The van der Waals surface area contributed by atoms with Crippen LogP contribution in [0.2, 0.25) is 0 Å². The number of amides is 1. The van der Waals surface area contributed by atoms with Gasteiger partial charge in [-0.05, 0) is 38.0 Å². The van der Waals surface area contributed by atoms with Crippen LogP contribution in [-0.4, -0.2) is 34.2 Å². The molecule has 2 heterocycles. The summed E-state index contributed by atoms with van der Waals surface area (Å²) in [7, 11) is 0. The molecule has 0 radical (unpaired) electrons. The molecule has 0 aliphatic carbocycles. The number of fused-ring (bicyclic) bond motifs is 1. The van der Waals surface area contributed by atoms with Gasteiger partial charge < -0.3 is 10.1 Å². The number of hydrogen-bond donors (Lipinski definition) is 1. The zero-order valence-corrected chi connectivity index (χ0v) is 14.4. The minimum Gasteiger partial charge on any atom is -0.376 e. The molecule has 2 atom stereocenters. The van der Waals surface area contributed by atoms with Crippen LogP contribution in [-0.2, 0) is 16.1 Å². The minimum atomic E-state index is -0.226. The third kappa shape index (κ3) is 3.61. The molecule has 1 amide bonds. The maximum absolute atomic E-state index is 12.5. The SMILES string of the molecule is CC(NC(=O)Cn1cnc2ccc(Br)cc2c1=O)C1CCCO1. The number of rotatable bonds is 4. The highest BCUT2D eigenvalue weighted by Gasteiger charge is 2.23. The van der Waals surface area contributed by atoms with Crippen LogP contribution >= 0.6 is 15.9 Å². The van der Waals surface area contributed by atoms with Crippen molar-refractivity contribution < 1.29 is 9.53 Å².